The minimum Gasteiger partial charge on any atom is -0.455 e. The molecule has 0 saturated carbocycles. The number of anilines is 2. The summed E-state index contributed by atoms with van der Waals surface area (Å²) in [6.45, 7) is 0. The number of hydrogen-bond acceptors (Lipinski definition) is 3. The number of aryl methyl sites for hydroxylation is 1. The number of hydrogen-bond donors (Lipinski definition) is 2. The number of carbonyl (C=O) groups excluding carboxylic acids is 1. The van der Waals surface area contributed by atoms with E-state index in [1.54, 1.807) is 18.2 Å². The lowest BCUT2D eigenvalue weighted by atomic mass is 10.0. The summed E-state index contributed by atoms with van der Waals surface area (Å²) < 4.78 is 5.76. The molecule has 20 heavy (non-hydrogen) atoms. The van der Waals surface area contributed by atoms with Gasteiger partial charge in [-0.25, -0.2) is 0 Å². The number of rotatable bonds is 2. The van der Waals surface area contributed by atoms with Gasteiger partial charge in [-0.1, -0.05) is 17.7 Å². The molecule has 0 unspecified atom stereocenters. The summed E-state index contributed by atoms with van der Waals surface area (Å²) >= 11 is 5.92. The van der Waals surface area contributed by atoms with Gasteiger partial charge in [0.15, 0.2) is 5.75 Å². The number of fused-ring (bicyclic) bond motifs is 1. The maximum absolute atomic E-state index is 11.4. The van der Waals surface area contributed by atoms with Crippen LogP contribution in [-0.4, -0.2) is 5.91 Å². The number of nitrogens with two attached hydrogens (primary N) is 1. The molecule has 0 spiro atoms. The molecular formula is C15H13ClN2O2. The molecule has 3 rings (SSSR count). The molecule has 2 aromatic carbocycles. The third-order valence-electron chi connectivity index (χ3n) is 3.16. The van der Waals surface area contributed by atoms with Crippen molar-refractivity contribution in [3.8, 4) is 11.5 Å². The Kier molecular flexibility index (Phi) is 3.24. The van der Waals surface area contributed by atoms with Crippen LogP contribution in [0.5, 0.6) is 11.5 Å². The van der Waals surface area contributed by atoms with E-state index in [1.807, 2.05) is 18.2 Å². The van der Waals surface area contributed by atoms with Crippen molar-refractivity contribution in [2.24, 2.45) is 0 Å². The largest absolute Gasteiger partial charge is 0.455 e. The molecule has 102 valence electrons. The van der Waals surface area contributed by atoms with Crippen LogP contribution in [0.1, 0.15) is 12.0 Å². The predicted octanol–water partition coefficient (Wildman–Crippen LogP) is 3.60. The second-order valence-corrected chi connectivity index (χ2v) is 5.09. The summed E-state index contributed by atoms with van der Waals surface area (Å²) in [6, 6.07) is 10.7. The summed E-state index contributed by atoms with van der Waals surface area (Å²) in [5, 5.41) is 3.41. The Hall–Kier alpha value is -2.20. The zero-order valence-electron chi connectivity index (χ0n) is 10.7. The van der Waals surface area contributed by atoms with Crippen molar-refractivity contribution in [3.63, 3.8) is 0 Å². The average molecular weight is 289 g/mol. The van der Waals surface area contributed by atoms with Crippen LogP contribution in [0.15, 0.2) is 36.4 Å². The fourth-order valence-electron chi connectivity index (χ4n) is 2.17. The van der Waals surface area contributed by atoms with E-state index in [0.29, 0.717) is 35.1 Å². The van der Waals surface area contributed by atoms with Gasteiger partial charge in [0.05, 0.1) is 5.69 Å². The van der Waals surface area contributed by atoms with Gasteiger partial charge >= 0.3 is 0 Å². The van der Waals surface area contributed by atoms with Crippen molar-refractivity contribution in [2.75, 3.05) is 11.1 Å². The number of ether oxygens (including phenoxy) is 1. The van der Waals surface area contributed by atoms with Crippen molar-refractivity contribution in [1.29, 1.82) is 0 Å². The van der Waals surface area contributed by atoms with Crippen molar-refractivity contribution in [1.82, 2.24) is 0 Å². The van der Waals surface area contributed by atoms with Crippen LogP contribution in [0.3, 0.4) is 0 Å². The fraction of sp³-hybridized carbons (Fsp3) is 0.133. The van der Waals surface area contributed by atoms with Gasteiger partial charge in [-0.15, -0.1) is 0 Å². The van der Waals surface area contributed by atoms with Crippen LogP contribution < -0.4 is 15.8 Å². The van der Waals surface area contributed by atoms with E-state index in [0.717, 1.165) is 11.3 Å². The molecule has 2 aromatic rings. The van der Waals surface area contributed by atoms with Gasteiger partial charge in [-0.2, -0.15) is 0 Å². The highest BCUT2D eigenvalue weighted by atomic mass is 35.5. The molecule has 4 nitrogen and oxygen atoms in total. The zero-order chi connectivity index (χ0) is 14.1. The lowest BCUT2D eigenvalue weighted by Gasteiger charge is -2.19. The Morgan fingerprint density at radius 1 is 1.20 bits per heavy atom. The number of amides is 1. The minimum atomic E-state index is 0.0143. The highest BCUT2D eigenvalue weighted by Crippen LogP contribution is 2.35. The number of halogens is 1. The quantitative estimate of drug-likeness (QED) is 0.830. The number of benzene rings is 2. The van der Waals surface area contributed by atoms with Crippen LogP contribution in [0, 0.1) is 0 Å². The summed E-state index contributed by atoms with van der Waals surface area (Å²) in [5.74, 6) is 1.21. The van der Waals surface area contributed by atoms with Gasteiger partial charge in [-0.05, 0) is 42.3 Å². The van der Waals surface area contributed by atoms with E-state index in [-0.39, 0.29) is 5.91 Å². The van der Waals surface area contributed by atoms with Gasteiger partial charge < -0.3 is 15.8 Å². The highest BCUT2D eigenvalue weighted by Gasteiger charge is 2.17. The number of nitrogen functional groups attached to an aromatic ring is 1. The molecule has 1 amide bonds. The van der Waals surface area contributed by atoms with Crippen LogP contribution in [-0.2, 0) is 11.2 Å². The molecule has 1 aliphatic rings. The van der Waals surface area contributed by atoms with Crippen LogP contribution in [0.25, 0.3) is 0 Å². The summed E-state index contributed by atoms with van der Waals surface area (Å²) in [5.41, 5.74) is 8.23. The topological polar surface area (TPSA) is 64.3 Å². The van der Waals surface area contributed by atoms with Crippen molar-refractivity contribution in [3.05, 3.63) is 47.0 Å². The summed E-state index contributed by atoms with van der Waals surface area (Å²) in [4.78, 5) is 11.4. The van der Waals surface area contributed by atoms with Crippen LogP contribution >= 0.6 is 11.6 Å². The smallest absolute Gasteiger partial charge is 0.224 e. The summed E-state index contributed by atoms with van der Waals surface area (Å²) in [7, 11) is 0. The third-order valence-corrected chi connectivity index (χ3v) is 3.39. The molecule has 1 heterocycles. The molecule has 0 radical (unpaired) electrons. The molecule has 0 atom stereocenters. The van der Waals surface area contributed by atoms with Gasteiger partial charge in [0.25, 0.3) is 0 Å². The first-order valence-electron chi connectivity index (χ1n) is 6.27. The predicted molar refractivity (Wildman–Crippen MR) is 79.3 cm³/mol. The highest BCUT2D eigenvalue weighted by molar-refractivity contribution is 6.30. The van der Waals surface area contributed by atoms with Gasteiger partial charge in [-0.3, -0.25) is 4.79 Å². The Morgan fingerprint density at radius 3 is 2.85 bits per heavy atom. The second kappa shape index (κ2) is 5.06. The third kappa shape index (κ3) is 2.56. The molecule has 1 aliphatic heterocycles. The van der Waals surface area contributed by atoms with Crippen molar-refractivity contribution < 1.29 is 9.53 Å². The molecule has 0 saturated heterocycles. The monoisotopic (exact) mass is 288 g/mol. The molecule has 0 fully saturated rings. The lowest BCUT2D eigenvalue weighted by Crippen LogP contribution is -2.19. The van der Waals surface area contributed by atoms with Crippen molar-refractivity contribution in [2.45, 2.75) is 12.8 Å². The Balaban J connectivity index is 1.92. The van der Waals surface area contributed by atoms with Gasteiger partial charge in [0, 0.05) is 17.1 Å². The Bertz CT molecular complexity index is 686. The number of nitrogens with one attached hydrogen (secondary N) is 1. The number of carbonyl (C=O) groups is 1. The Labute approximate surface area is 121 Å². The first kappa shape index (κ1) is 12.8. The van der Waals surface area contributed by atoms with Gasteiger partial charge in [0.2, 0.25) is 5.91 Å². The average Bonchev–Trinajstić information content (AvgIpc) is 2.40. The van der Waals surface area contributed by atoms with Crippen LogP contribution in [0.2, 0.25) is 5.02 Å². The molecule has 0 aromatic heterocycles. The van der Waals surface area contributed by atoms with E-state index >= 15 is 0 Å². The second-order valence-electron chi connectivity index (χ2n) is 4.65. The molecule has 5 heteroatoms. The summed E-state index contributed by atoms with van der Waals surface area (Å²) in [6.07, 6.45) is 1.17. The first-order valence-corrected chi connectivity index (χ1v) is 6.65. The standard InChI is InChI=1S/C15H13ClN2O2/c16-10-2-1-3-11(7-10)20-14-6-9-4-5-15(19)18-13(9)8-12(14)17/h1-3,6-8H,4-5,17H2,(H,18,19). The van der Waals surface area contributed by atoms with E-state index in [4.69, 9.17) is 22.1 Å². The maximum Gasteiger partial charge on any atom is 0.224 e. The molecule has 0 aliphatic carbocycles. The Morgan fingerprint density at radius 2 is 2.05 bits per heavy atom. The first-order chi connectivity index (χ1) is 9.61. The maximum atomic E-state index is 11.4. The molecular weight excluding hydrogens is 276 g/mol. The molecule has 0 bridgehead atoms. The fourth-order valence-corrected chi connectivity index (χ4v) is 2.35. The molecule has 3 N–H and O–H groups in total. The zero-order valence-corrected chi connectivity index (χ0v) is 11.4. The normalized spacial score (nSPS) is 13.6. The van der Waals surface area contributed by atoms with Crippen molar-refractivity contribution >= 4 is 28.9 Å². The minimum absolute atomic E-state index is 0.0143. The van der Waals surface area contributed by atoms with Crippen LogP contribution in [0.4, 0.5) is 11.4 Å². The van der Waals surface area contributed by atoms with E-state index in [9.17, 15) is 4.79 Å². The lowest BCUT2D eigenvalue weighted by molar-refractivity contribution is -0.116. The van der Waals surface area contributed by atoms with E-state index in [1.165, 1.54) is 0 Å². The van der Waals surface area contributed by atoms with E-state index < -0.39 is 0 Å². The van der Waals surface area contributed by atoms with Gasteiger partial charge in [0.1, 0.15) is 5.75 Å². The SMILES string of the molecule is Nc1cc2c(cc1Oc1cccc(Cl)c1)CCC(=O)N2. The van der Waals surface area contributed by atoms with E-state index in [2.05, 4.69) is 5.32 Å².